The second-order valence-corrected chi connectivity index (χ2v) is 6.79. The molecule has 0 aliphatic heterocycles. The summed E-state index contributed by atoms with van der Waals surface area (Å²) < 4.78 is 1.73. The van der Waals surface area contributed by atoms with Gasteiger partial charge in [-0.25, -0.2) is 9.67 Å². The van der Waals surface area contributed by atoms with E-state index in [1.54, 1.807) is 4.68 Å². The van der Waals surface area contributed by atoms with Crippen molar-refractivity contribution in [1.29, 1.82) is 0 Å². The van der Waals surface area contributed by atoms with Crippen molar-refractivity contribution < 1.29 is 4.79 Å². The molecule has 6 heteroatoms. The van der Waals surface area contributed by atoms with Gasteiger partial charge in [0.25, 0.3) is 5.91 Å². The van der Waals surface area contributed by atoms with Gasteiger partial charge in [0.1, 0.15) is 0 Å². The summed E-state index contributed by atoms with van der Waals surface area (Å²) in [5.74, 6) is 0.578. The molecule has 0 aliphatic rings. The fraction of sp³-hybridized carbons (Fsp3) is 0.286. The van der Waals surface area contributed by atoms with Crippen molar-refractivity contribution >= 4 is 5.91 Å². The third-order valence-corrected chi connectivity index (χ3v) is 4.19. The Morgan fingerprint density at radius 3 is 2.44 bits per heavy atom. The molecule has 2 aromatic carbocycles. The Bertz CT molecular complexity index is 885. The van der Waals surface area contributed by atoms with Gasteiger partial charge in [0.05, 0.1) is 5.69 Å². The van der Waals surface area contributed by atoms with Crippen LogP contribution in [0, 0.1) is 6.92 Å². The molecular weight excluding hydrogens is 338 g/mol. The Labute approximate surface area is 159 Å². The molecule has 0 aliphatic carbocycles. The number of benzene rings is 2. The van der Waals surface area contributed by atoms with Crippen LogP contribution >= 0.6 is 0 Å². The Morgan fingerprint density at radius 2 is 1.78 bits per heavy atom. The lowest BCUT2D eigenvalue weighted by atomic mass is 10.2. The van der Waals surface area contributed by atoms with Crippen LogP contribution in [-0.4, -0.2) is 52.8 Å². The Hall–Kier alpha value is -2.99. The zero-order chi connectivity index (χ0) is 19.2. The van der Waals surface area contributed by atoms with Crippen LogP contribution in [0.4, 0.5) is 0 Å². The fourth-order valence-electron chi connectivity index (χ4n) is 2.72. The van der Waals surface area contributed by atoms with Crippen molar-refractivity contribution in [3.8, 4) is 17.1 Å². The summed E-state index contributed by atoms with van der Waals surface area (Å²) in [7, 11) is 4.03. The maximum absolute atomic E-state index is 12.5. The van der Waals surface area contributed by atoms with E-state index in [9.17, 15) is 4.79 Å². The van der Waals surface area contributed by atoms with E-state index >= 15 is 0 Å². The van der Waals surface area contributed by atoms with E-state index in [1.807, 2.05) is 75.6 Å². The van der Waals surface area contributed by atoms with Gasteiger partial charge in [-0.2, -0.15) is 0 Å². The average molecular weight is 363 g/mol. The number of aryl methyl sites for hydroxylation is 1. The van der Waals surface area contributed by atoms with E-state index in [4.69, 9.17) is 0 Å². The molecule has 1 aromatic heterocycles. The monoisotopic (exact) mass is 363 g/mol. The Balaban J connectivity index is 1.88. The van der Waals surface area contributed by atoms with Crippen molar-refractivity contribution in [1.82, 2.24) is 25.0 Å². The topological polar surface area (TPSA) is 63.1 Å². The molecule has 140 valence electrons. The van der Waals surface area contributed by atoms with Crippen molar-refractivity contribution in [2.24, 2.45) is 0 Å². The predicted octanol–water partition coefficient (Wildman–Crippen LogP) is 2.92. The highest BCUT2D eigenvalue weighted by molar-refractivity contribution is 5.91. The van der Waals surface area contributed by atoms with Gasteiger partial charge in [-0.05, 0) is 46.1 Å². The number of nitrogens with zero attached hydrogens (tertiary/aromatic N) is 4. The van der Waals surface area contributed by atoms with Crippen LogP contribution in [0.1, 0.15) is 22.6 Å². The summed E-state index contributed by atoms with van der Waals surface area (Å²) in [6.07, 6.45) is 0.878. The summed E-state index contributed by atoms with van der Waals surface area (Å²) in [5.41, 5.74) is 2.95. The molecule has 0 saturated carbocycles. The van der Waals surface area contributed by atoms with E-state index in [0.717, 1.165) is 24.2 Å². The number of hydrogen-bond acceptors (Lipinski definition) is 4. The van der Waals surface area contributed by atoms with Crippen molar-refractivity contribution in [3.05, 3.63) is 66.0 Å². The van der Waals surface area contributed by atoms with Gasteiger partial charge in [0.2, 0.25) is 5.82 Å². The summed E-state index contributed by atoms with van der Waals surface area (Å²) in [6, 6.07) is 17.8. The zero-order valence-corrected chi connectivity index (χ0v) is 16.0. The maximum Gasteiger partial charge on any atom is 0.290 e. The van der Waals surface area contributed by atoms with Crippen LogP contribution in [0.25, 0.3) is 17.1 Å². The first-order valence-electron chi connectivity index (χ1n) is 9.07. The highest BCUT2D eigenvalue weighted by Crippen LogP contribution is 2.21. The third kappa shape index (κ3) is 4.80. The normalized spacial score (nSPS) is 11.0. The number of carbonyl (C=O) groups excluding carboxylic acids is 1. The first kappa shape index (κ1) is 18.8. The smallest absolute Gasteiger partial charge is 0.290 e. The summed E-state index contributed by atoms with van der Waals surface area (Å²) in [5, 5.41) is 7.39. The molecule has 0 radical (unpaired) electrons. The number of hydrogen-bond donors (Lipinski definition) is 1. The molecule has 0 saturated heterocycles. The van der Waals surface area contributed by atoms with Crippen LogP contribution in [0.2, 0.25) is 0 Å². The van der Waals surface area contributed by atoms with Crippen LogP contribution in [0.15, 0.2) is 54.6 Å². The van der Waals surface area contributed by atoms with Crippen LogP contribution < -0.4 is 5.32 Å². The predicted molar refractivity (Wildman–Crippen MR) is 107 cm³/mol. The van der Waals surface area contributed by atoms with Gasteiger partial charge in [0.15, 0.2) is 5.82 Å². The molecule has 1 amide bonds. The quantitative estimate of drug-likeness (QED) is 0.656. The molecule has 0 bridgehead atoms. The van der Waals surface area contributed by atoms with Crippen molar-refractivity contribution in [3.63, 3.8) is 0 Å². The van der Waals surface area contributed by atoms with Gasteiger partial charge < -0.3 is 10.2 Å². The van der Waals surface area contributed by atoms with Gasteiger partial charge >= 0.3 is 0 Å². The number of carbonyl (C=O) groups is 1. The molecular formula is C21H25N5O. The highest BCUT2D eigenvalue weighted by atomic mass is 16.2. The van der Waals surface area contributed by atoms with Crippen molar-refractivity contribution in [2.75, 3.05) is 27.2 Å². The minimum Gasteiger partial charge on any atom is -0.349 e. The first-order chi connectivity index (χ1) is 13.0. The lowest BCUT2D eigenvalue weighted by Gasteiger charge is -2.08. The van der Waals surface area contributed by atoms with E-state index in [-0.39, 0.29) is 11.7 Å². The molecule has 0 spiro atoms. The molecule has 1 heterocycles. The Kier molecular flexibility index (Phi) is 5.98. The zero-order valence-electron chi connectivity index (χ0n) is 16.0. The second-order valence-electron chi connectivity index (χ2n) is 6.79. The van der Waals surface area contributed by atoms with Crippen LogP contribution in [0.3, 0.4) is 0 Å². The minimum atomic E-state index is -0.253. The number of aromatic nitrogens is 3. The van der Waals surface area contributed by atoms with Gasteiger partial charge in [-0.1, -0.05) is 48.0 Å². The van der Waals surface area contributed by atoms with E-state index < -0.39 is 0 Å². The molecule has 0 atom stereocenters. The first-order valence-corrected chi connectivity index (χ1v) is 9.07. The van der Waals surface area contributed by atoms with Crippen LogP contribution in [-0.2, 0) is 0 Å². The number of amides is 1. The molecule has 27 heavy (non-hydrogen) atoms. The molecule has 0 fully saturated rings. The largest absolute Gasteiger partial charge is 0.349 e. The minimum absolute atomic E-state index is 0.180. The number of rotatable bonds is 7. The maximum atomic E-state index is 12.5. The summed E-state index contributed by atoms with van der Waals surface area (Å²) in [4.78, 5) is 19.1. The van der Waals surface area contributed by atoms with Crippen molar-refractivity contribution in [2.45, 2.75) is 13.3 Å². The van der Waals surface area contributed by atoms with Gasteiger partial charge in [-0.3, -0.25) is 4.79 Å². The third-order valence-electron chi connectivity index (χ3n) is 4.19. The fourth-order valence-corrected chi connectivity index (χ4v) is 2.72. The molecule has 1 N–H and O–H groups in total. The highest BCUT2D eigenvalue weighted by Gasteiger charge is 2.18. The van der Waals surface area contributed by atoms with E-state index in [0.29, 0.717) is 12.4 Å². The van der Waals surface area contributed by atoms with Crippen LogP contribution in [0.5, 0.6) is 0 Å². The SMILES string of the molecule is Cc1ccc(-n2nc(C(=O)NCCCN(C)C)nc2-c2ccccc2)cc1. The average Bonchev–Trinajstić information content (AvgIpc) is 3.12. The van der Waals surface area contributed by atoms with E-state index in [1.165, 1.54) is 5.56 Å². The molecule has 0 unspecified atom stereocenters. The summed E-state index contributed by atoms with van der Waals surface area (Å²) >= 11 is 0. The second kappa shape index (κ2) is 8.60. The van der Waals surface area contributed by atoms with Gasteiger partial charge in [0, 0.05) is 12.1 Å². The number of nitrogens with one attached hydrogen (secondary N) is 1. The Morgan fingerprint density at radius 1 is 1.07 bits per heavy atom. The molecule has 6 nitrogen and oxygen atoms in total. The molecule has 3 rings (SSSR count). The standard InChI is InChI=1S/C21H25N5O/c1-16-10-12-18(13-11-16)26-20(17-8-5-4-6-9-17)23-19(24-26)21(27)22-14-7-15-25(2)3/h4-6,8-13H,7,14-15H2,1-3H3,(H,22,27). The summed E-state index contributed by atoms with van der Waals surface area (Å²) in [6.45, 7) is 3.55. The van der Waals surface area contributed by atoms with Gasteiger partial charge in [-0.15, -0.1) is 5.10 Å². The molecule has 3 aromatic rings. The van der Waals surface area contributed by atoms with E-state index in [2.05, 4.69) is 20.3 Å². The lowest BCUT2D eigenvalue weighted by molar-refractivity contribution is 0.0942. The lowest BCUT2D eigenvalue weighted by Crippen LogP contribution is -2.28.